The zero-order valence-corrected chi connectivity index (χ0v) is 11.8. The number of fused-ring (bicyclic) bond motifs is 1. The summed E-state index contributed by atoms with van der Waals surface area (Å²) in [5, 5.41) is 1.38. The molecule has 0 aliphatic heterocycles. The molecule has 1 heterocycles. The van der Waals surface area contributed by atoms with E-state index >= 15 is 0 Å². The predicted octanol–water partition coefficient (Wildman–Crippen LogP) is 3.69. The van der Waals surface area contributed by atoms with Gasteiger partial charge in [-0.15, -0.1) is 0 Å². The minimum Gasteiger partial charge on any atom is -0.359 e. The van der Waals surface area contributed by atoms with E-state index in [1.54, 1.807) is 0 Å². The predicted molar refractivity (Wildman–Crippen MR) is 77.5 cm³/mol. The van der Waals surface area contributed by atoms with Crippen molar-refractivity contribution in [3.05, 3.63) is 29.0 Å². The number of benzene rings is 1. The van der Waals surface area contributed by atoms with Crippen molar-refractivity contribution in [3.8, 4) is 0 Å². The van der Waals surface area contributed by atoms with Crippen molar-refractivity contribution in [3.63, 3.8) is 0 Å². The molecule has 0 aliphatic rings. The summed E-state index contributed by atoms with van der Waals surface area (Å²) in [7, 11) is 2.02. The fourth-order valence-electron chi connectivity index (χ4n) is 2.02. The molecule has 0 amide bonds. The lowest BCUT2D eigenvalue weighted by molar-refractivity contribution is 0.920. The summed E-state index contributed by atoms with van der Waals surface area (Å²) < 4.78 is 0. The molecule has 0 saturated carbocycles. The average Bonchev–Trinajstić information content (AvgIpc) is 2.37. The number of hydrogen-bond acceptors (Lipinski definition) is 3. The van der Waals surface area contributed by atoms with Gasteiger partial charge >= 0.3 is 0 Å². The molecular weight excluding hydrogens is 246 g/mol. The maximum absolute atomic E-state index is 5.98. The maximum Gasteiger partial charge on any atom is 0.224 e. The van der Waals surface area contributed by atoms with Gasteiger partial charge in [0.1, 0.15) is 5.82 Å². The Morgan fingerprint density at radius 1 is 1.22 bits per heavy atom. The first-order valence-electron chi connectivity index (χ1n) is 6.33. The van der Waals surface area contributed by atoms with Gasteiger partial charge in [0.25, 0.3) is 0 Å². The highest BCUT2D eigenvalue weighted by atomic mass is 35.5. The van der Waals surface area contributed by atoms with E-state index in [1.165, 1.54) is 5.56 Å². The van der Waals surface area contributed by atoms with E-state index in [9.17, 15) is 0 Å². The maximum atomic E-state index is 5.98. The topological polar surface area (TPSA) is 29.0 Å². The second-order valence-electron chi connectivity index (χ2n) is 4.43. The summed E-state index contributed by atoms with van der Waals surface area (Å²) in [6.45, 7) is 5.17. The molecule has 1 aromatic heterocycles. The number of nitrogens with zero attached hydrogens (tertiary/aromatic N) is 3. The van der Waals surface area contributed by atoms with Crippen LogP contribution in [0.2, 0.25) is 5.28 Å². The van der Waals surface area contributed by atoms with E-state index in [0.717, 1.165) is 36.1 Å². The summed E-state index contributed by atoms with van der Waals surface area (Å²) in [5.41, 5.74) is 2.23. The third-order valence-electron chi connectivity index (χ3n) is 3.09. The molecule has 0 radical (unpaired) electrons. The van der Waals surface area contributed by atoms with Crippen molar-refractivity contribution >= 4 is 28.3 Å². The Kier molecular flexibility index (Phi) is 4.02. The fourth-order valence-corrected chi connectivity index (χ4v) is 2.19. The lowest BCUT2D eigenvalue weighted by atomic mass is 10.1. The Labute approximate surface area is 113 Å². The van der Waals surface area contributed by atoms with E-state index < -0.39 is 0 Å². The standard InChI is InChI=1S/C14H18ClN3/c1-4-6-10-7-8-12-11(9-10)13(18(3)5-2)17-14(15)16-12/h7-9H,4-6H2,1-3H3. The molecule has 18 heavy (non-hydrogen) atoms. The number of halogens is 1. The highest BCUT2D eigenvalue weighted by Crippen LogP contribution is 2.26. The molecule has 0 spiro atoms. The van der Waals surface area contributed by atoms with Crippen molar-refractivity contribution in [2.24, 2.45) is 0 Å². The number of hydrogen-bond donors (Lipinski definition) is 0. The zero-order valence-electron chi connectivity index (χ0n) is 11.1. The SMILES string of the molecule is CCCc1ccc2nc(Cl)nc(N(C)CC)c2c1. The van der Waals surface area contributed by atoms with Gasteiger partial charge in [0.05, 0.1) is 5.52 Å². The van der Waals surface area contributed by atoms with Crippen LogP contribution < -0.4 is 4.90 Å². The molecule has 2 aromatic rings. The highest BCUT2D eigenvalue weighted by molar-refractivity contribution is 6.28. The van der Waals surface area contributed by atoms with Gasteiger partial charge in [-0.1, -0.05) is 19.4 Å². The molecule has 4 heteroatoms. The highest BCUT2D eigenvalue weighted by Gasteiger charge is 2.10. The first kappa shape index (κ1) is 13.1. The third kappa shape index (κ3) is 2.56. The van der Waals surface area contributed by atoms with E-state index in [-0.39, 0.29) is 0 Å². The average molecular weight is 264 g/mol. The molecule has 96 valence electrons. The molecule has 3 nitrogen and oxygen atoms in total. The summed E-state index contributed by atoms with van der Waals surface area (Å²) in [5.74, 6) is 0.908. The van der Waals surface area contributed by atoms with Crippen molar-refractivity contribution in [2.75, 3.05) is 18.5 Å². The number of rotatable bonds is 4. The van der Waals surface area contributed by atoms with Crippen LogP contribution in [0.5, 0.6) is 0 Å². The second kappa shape index (κ2) is 5.53. The Hall–Kier alpha value is -1.35. The number of anilines is 1. The van der Waals surface area contributed by atoms with Gasteiger partial charge in [-0.3, -0.25) is 0 Å². The summed E-state index contributed by atoms with van der Waals surface area (Å²) in [6, 6.07) is 6.32. The largest absolute Gasteiger partial charge is 0.359 e. The summed E-state index contributed by atoms with van der Waals surface area (Å²) in [4.78, 5) is 10.7. The van der Waals surface area contributed by atoms with Gasteiger partial charge in [0.15, 0.2) is 0 Å². The van der Waals surface area contributed by atoms with Gasteiger partial charge < -0.3 is 4.90 Å². The molecule has 0 bridgehead atoms. The van der Waals surface area contributed by atoms with Gasteiger partial charge in [-0.05, 0) is 42.6 Å². The van der Waals surface area contributed by atoms with Crippen LogP contribution in [0.4, 0.5) is 5.82 Å². The van der Waals surface area contributed by atoms with Gasteiger partial charge in [-0.2, -0.15) is 4.98 Å². The lowest BCUT2D eigenvalue weighted by Gasteiger charge is -2.18. The van der Waals surface area contributed by atoms with E-state index in [0.29, 0.717) is 5.28 Å². The van der Waals surface area contributed by atoms with Gasteiger partial charge in [0.2, 0.25) is 5.28 Å². The van der Waals surface area contributed by atoms with Crippen LogP contribution >= 0.6 is 11.6 Å². The number of aryl methyl sites for hydroxylation is 1. The van der Waals surface area contributed by atoms with Crippen molar-refractivity contribution in [1.29, 1.82) is 0 Å². The van der Waals surface area contributed by atoms with Crippen molar-refractivity contribution < 1.29 is 0 Å². The van der Waals surface area contributed by atoms with Crippen molar-refractivity contribution in [2.45, 2.75) is 26.7 Å². The van der Waals surface area contributed by atoms with Crippen LogP contribution in [0.3, 0.4) is 0 Å². The minimum absolute atomic E-state index is 0.307. The first-order chi connectivity index (χ1) is 8.65. The zero-order chi connectivity index (χ0) is 13.1. The lowest BCUT2D eigenvalue weighted by Crippen LogP contribution is -2.18. The van der Waals surface area contributed by atoms with Crippen LogP contribution in [0.25, 0.3) is 10.9 Å². The normalized spacial score (nSPS) is 10.9. The molecular formula is C14H18ClN3. The van der Waals surface area contributed by atoms with Gasteiger partial charge in [0, 0.05) is 19.0 Å². The Morgan fingerprint density at radius 2 is 2.00 bits per heavy atom. The molecule has 0 fully saturated rings. The third-order valence-corrected chi connectivity index (χ3v) is 3.26. The molecule has 0 atom stereocenters. The van der Waals surface area contributed by atoms with E-state index in [2.05, 4.69) is 40.8 Å². The molecule has 0 aliphatic carbocycles. The van der Waals surface area contributed by atoms with E-state index in [1.807, 2.05) is 13.1 Å². The van der Waals surface area contributed by atoms with Crippen LogP contribution in [-0.2, 0) is 6.42 Å². The monoisotopic (exact) mass is 263 g/mol. The van der Waals surface area contributed by atoms with Crippen LogP contribution in [0.1, 0.15) is 25.8 Å². The van der Waals surface area contributed by atoms with Crippen molar-refractivity contribution in [1.82, 2.24) is 9.97 Å². The molecule has 0 unspecified atom stereocenters. The van der Waals surface area contributed by atoms with Crippen LogP contribution in [-0.4, -0.2) is 23.6 Å². The summed E-state index contributed by atoms with van der Waals surface area (Å²) in [6.07, 6.45) is 2.22. The molecule has 0 saturated heterocycles. The Balaban J connectivity index is 2.62. The molecule has 2 rings (SSSR count). The van der Waals surface area contributed by atoms with Gasteiger partial charge in [-0.25, -0.2) is 4.98 Å². The second-order valence-corrected chi connectivity index (χ2v) is 4.77. The molecule has 0 N–H and O–H groups in total. The Bertz CT molecular complexity index is 554. The Morgan fingerprint density at radius 3 is 2.67 bits per heavy atom. The van der Waals surface area contributed by atoms with Crippen LogP contribution in [0.15, 0.2) is 18.2 Å². The quantitative estimate of drug-likeness (QED) is 0.788. The summed E-state index contributed by atoms with van der Waals surface area (Å²) >= 11 is 5.98. The van der Waals surface area contributed by atoms with Crippen LogP contribution in [0, 0.1) is 0 Å². The minimum atomic E-state index is 0.307. The molecule has 1 aromatic carbocycles. The fraction of sp³-hybridized carbons (Fsp3) is 0.429. The first-order valence-corrected chi connectivity index (χ1v) is 6.70. The number of aromatic nitrogens is 2. The van der Waals surface area contributed by atoms with E-state index in [4.69, 9.17) is 11.6 Å². The smallest absolute Gasteiger partial charge is 0.224 e.